The van der Waals surface area contributed by atoms with E-state index in [0.29, 0.717) is 5.56 Å². The Kier molecular flexibility index (Phi) is 4.93. The molecular formula is C17H20N2O2. The van der Waals surface area contributed by atoms with Crippen molar-refractivity contribution in [3.63, 3.8) is 0 Å². The molecule has 0 aliphatic carbocycles. The highest BCUT2D eigenvalue weighted by Crippen LogP contribution is 2.24. The van der Waals surface area contributed by atoms with Crippen molar-refractivity contribution in [3.05, 3.63) is 59.9 Å². The number of benzene rings is 1. The normalized spacial score (nSPS) is 12.0. The minimum absolute atomic E-state index is 0.0522. The summed E-state index contributed by atoms with van der Waals surface area (Å²) in [7, 11) is 1.64. The first-order valence-corrected chi connectivity index (χ1v) is 6.96. The number of hydrogen-bond acceptors (Lipinski definition) is 3. The average molecular weight is 284 g/mol. The molecule has 1 atom stereocenters. The first-order chi connectivity index (χ1) is 10.1. The molecule has 0 spiro atoms. The Morgan fingerprint density at radius 1 is 1.19 bits per heavy atom. The highest BCUT2D eigenvalue weighted by molar-refractivity contribution is 5.94. The van der Waals surface area contributed by atoms with E-state index in [1.165, 1.54) is 0 Å². The van der Waals surface area contributed by atoms with E-state index in [1.807, 2.05) is 24.3 Å². The summed E-state index contributed by atoms with van der Waals surface area (Å²) < 4.78 is 5.16. The van der Waals surface area contributed by atoms with Crippen molar-refractivity contribution in [3.8, 4) is 5.75 Å². The zero-order chi connectivity index (χ0) is 15.2. The standard InChI is InChI=1S/C17H20N2O2/c1-12(2)16(13-6-8-15(21-3)9-7-13)19-17(20)14-5-4-10-18-11-14/h4-12,16H,1-3H3,(H,19,20). The van der Waals surface area contributed by atoms with Gasteiger partial charge in [0.05, 0.1) is 18.7 Å². The summed E-state index contributed by atoms with van der Waals surface area (Å²) in [4.78, 5) is 16.3. The second-order valence-electron chi connectivity index (χ2n) is 5.21. The van der Waals surface area contributed by atoms with Gasteiger partial charge in [0.2, 0.25) is 0 Å². The van der Waals surface area contributed by atoms with Crippen LogP contribution in [0, 0.1) is 5.92 Å². The van der Waals surface area contributed by atoms with E-state index in [9.17, 15) is 4.79 Å². The lowest BCUT2D eigenvalue weighted by molar-refractivity contribution is 0.0925. The fourth-order valence-corrected chi connectivity index (χ4v) is 2.17. The van der Waals surface area contributed by atoms with Crippen LogP contribution >= 0.6 is 0 Å². The van der Waals surface area contributed by atoms with Gasteiger partial charge in [0.15, 0.2) is 0 Å². The molecule has 1 unspecified atom stereocenters. The lowest BCUT2D eigenvalue weighted by Gasteiger charge is -2.23. The molecule has 1 aromatic heterocycles. The number of carbonyl (C=O) groups is 1. The van der Waals surface area contributed by atoms with E-state index in [0.717, 1.165) is 11.3 Å². The topological polar surface area (TPSA) is 51.2 Å². The predicted molar refractivity (Wildman–Crippen MR) is 82.3 cm³/mol. The van der Waals surface area contributed by atoms with Gasteiger partial charge in [-0.3, -0.25) is 9.78 Å². The van der Waals surface area contributed by atoms with E-state index in [4.69, 9.17) is 4.74 Å². The molecule has 110 valence electrons. The Bertz CT molecular complexity index is 579. The van der Waals surface area contributed by atoms with Crippen molar-refractivity contribution in [2.45, 2.75) is 19.9 Å². The molecule has 1 N–H and O–H groups in total. The predicted octanol–water partition coefficient (Wildman–Crippen LogP) is 3.22. The number of aromatic nitrogens is 1. The number of methoxy groups -OCH3 is 1. The minimum Gasteiger partial charge on any atom is -0.497 e. The summed E-state index contributed by atoms with van der Waals surface area (Å²) in [5.74, 6) is 0.969. The van der Waals surface area contributed by atoms with Gasteiger partial charge in [0, 0.05) is 12.4 Å². The van der Waals surface area contributed by atoms with E-state index in [2.05, 4.69) is 24.1 Å². The van der Waals surface area contributed by atoms with Crippen LogP contribution in [-0.4, -0.2) is 18.0 Å². The van der Waals surface area contributed by atoms with Gasteiger partial charge in [-0.15, -0.1) is 0 Å². The molecule has 0 aliphatic rings. The summed E-state index contributed by atoms with van der Waals surface area (Å²) in [5, 5.41) is 3.07. The monoisotopic (exact) mass is 284 g/mol. The van der Waals surface area contributed by atoms with Crippen molar-refractivity contribution >= 4 is 5.91 Å². The molecule has 0 fully saturated rings. The lowest BCUT2D eigenvalue weighted by Crippen LogP contribution is -2.31. The first kappa shape index (κ1) is 15.0. The number of carbonyl (C=O) groups excluding carboxylic acids is 1. The molecule has 0 bridgehead atoms. The molecule has 2 rings (SSSR count). The molecule has 21 heavy (non-hydrogen) atoms. The summed E-state index contributed by atoms with van der Waals surface area (Å²) in [6.45, 7) is 4.16. The summed E-state index contributed by atoms with van der Waals surface area (Å²) in [6, 6.07) is 11.2. The lowest BCUT2D eigenvalue weighted by atomic mass is 9.95. The molecule has 1 amide bonds. The van der Waals surface area contributed by atoms with Crippen LogP contribution in [0.2, 0.25) is 0 Å². The molecule has 1 aromatic carbocycles. The maximum atomic E-state index is 12.3. The molecule has 0 aliphatic heterocycles. The van der Waals surface area contributed by atoms with Gasteiger partial charge in [-0.05, 0) is 35.7 Å². The number of ether oxygens (including phenoxy) is 1. The van der Waals surface area contributed by atoms with Crippen molar-refractivity contribution in [2.24, 2.45) is 5.92 Å². The fourth-order valence-electron chi connectivity index (χ4n) is 2.17. The third kappa shape index (κ3) is 3.81. The number of nitrogens with zero attached hydrogens (tertiary/aromatic N) is 1. The van der Waals surface area contributed by atoms with Gasteiger partial charge in [0.1, 0.15) is 5.75 Å². The van der Waals surface area contributed by atoms with Crippen LogP contribution in [-0.2, 0) is 0 Å². The molecule has 1 heterocycles. The molecule has 0 radical (unpaired) electrons. The third-order valence-corrected chi connectivity index (χ3v) is 3.35. The molecule has 4 nitrogen and oxygen atoms in total. The largest absolute Gasteiger partial charge is 0.497 e. The van der Waals surface area contributed by atoms with Gasteiger partial charge < -0.3 is 10.1 Å². The van der Waals surface area contributed by atoms with Gasteiger partial charge in [-0.25, -0.2) is 0 Å². The summed E-state index contributed by atoms with van der Waals surface area (Å²) >= 11 is 0. The molecule has 0 saturated carbocycles. The zero-order valence-electron chi connectivity index (χ0n) is 12.5. The Labute approximate surface area is 125 Å². The van der Waals surface area contributed by atoms with E-state index in [-0.39, 0.29) is 17.9 Å². The Morgan fingerprint density at radius 3 is 2.43 bits per heavy atom. The number of pyridine rings is 1. The van der Waals surface area contributed by atoms with Crippen LogP contribution in [0.4, 0.5) is 0 Å². The van der Waals surface area contributed by atoms with E-state index < -0.39 is 0 Å². The zero-order valence-corrected chi connectivity index (χ0v) is 12.5. The second-order valence-corrected chi connectivity index (χ2v) is 5.21. The van der Waals surface area contributed by atoms with Gasteiger partial charge in [-0.2, -0.15) is 0 Å². The van der Waals surface area contributed by atoms with Crippen molar-refractivity contribution in [1.82, 2.24) is 10.3 Å². The third-order valence-electron chi connectivity index (χ3n) is 3.35. The molecule has 0 saturated heterocycles. The Hall–Kier alpha value is -2.36. The van der Waals surface area contributed by atoms with Crippen LogP contribution in [0.15, 0.2) is 48.8 Å². The first-order valence-electron chi connectivity index (χ1n) is 6.96. The molecular weight excluding hydrogens is 264 g/mol. The van der Waals surface area contributed by atoms with Crippen LogP contribution in [0.25, 0.3) is 0 Å². The van der Waals surface area contributed by atoms with E-state index >= 15 is 0 Å². The summed E-state index contributed by atoms with van der Waals surface area (Å²) in [6.07, 6.45) is 3.22. The average Bonchev–Trinajstić information content (AvgIpc) is 2.53. The Balaban J connectivity index is 2.17. The highest BCUT2D eigenvalue weighted by atomic mass is 16.5. The molecule has 2 aromatic rings. The number of rotatable bonds is 5. The van der Waals surface area contributed by atoms with Crippen molar-refractivity contribution in [1.29, 1.82) is 0 Å². The number of nitrogens with one attached hydrogen (secondary N) is 1. The maximum Gasteiger partial charge on any atom is 0.253 e. The highest BCUT2D eigenvalue weighted by Gasteiger charge is 2.19. The SMILES string of the molecule is COc1ccc(C(NC(=O)c2cccnc2)C(C)C)cc1. The number of hydrogen-bond donors (Lipinski definition) is 1. The quantitative estimate of drug-likeness (QED) is 0.917. The number of amides is 1. The van der Waals surface area contributed by atoms with Crippen LogP contribution in [0.3, 0.4) is 0 Å². The van der Waals surface area contributed by atoms with Crippen LogP contribution < -0.4 is 10.1 Å². The van der Waals surface area contributed by atoms with Crippen molar-refractivity contribution < 1.29 is 9.53 Å². The molecule has 4 heteroatoms. The maximum absolute atomic E-state index is 12.3. The van der Waals surface area contributed by atoms with Crippen molar-refractivity contribution in [2.75, 3.05) is 7.11 Å². The Morgan fingerprint density at radius 2 is 1.90 bits per heavy atom. The van der Waals surface area contributed by atoms with E-state index in [1.54, 1.807) is 31.6 Å². The van der Waals surface area contributed by atoms with Crippen LogP contribution in [0.5, 0.6) is 5.75 Å². The summed E-state index contributed by atoms with van der Waals surface area (Å²) in [5.41, 5.74) is 1.62. The smallest absolute Gasteiger partial charge is 0.253 e. The van der Waals surface area contributed by atoms with Gasteiger partial charge >= 0.3 is 0 Å². The fraction of sp³-hybridized carbons (Fsp3) is 0.294. The second kappa shape index (κ2) is 6.88. The van der Waals surface area contributed by atoms with Gasteiger partial charge in [-0.1, -0.05) is 26.0 Å². The van der Waals surface area contributed by atoms with Crippen LogP contribution in [0.1, 0.15) is 35.8 Å². The van der Waals surface area contributed by atoms with Gasteiger partial charge in [0.25, 0.3) is 5.91 Å². The minimum atomic E-state index is -0.113.